The van der Waals surface area contributed by atoms with Crippen molar-refractivity contribution in [2.75, 3.05) is 5.75 Å². The maximum absolute atomic E-state index is 10.7. The minimum Gasteiger partial charge on any atom is -0.389 e. The SMILES string of the molecule is CC(=O)SCC(O)C(O)c1ccc(Cl)c(Cl)c1. The second-order valence-corrected chi connectivity index (χ2v) is 5.50. The van der Waals surface area contributed by atoms with Crippen LogP contribution in [0.3, 0.4) is 0 Å². The summed E-state index contributed by atoms with van der Waals surface area (Å²) in [6.07, 6.45) is -2.11. The fourth-order valence-electron chi connectivity index (χ4n) is 1.21. The number of carbonyl (C=O) groups excluding carboxylic acids is 1. The van der Waals surface area contributed by atoms with Gasteiger partial charge in [-0.3, -0.25) is 4.79 Å². The average Bonchev–Trinajstić information content (AvgIpc) is 2.28. The minimum absolute atomic E-state index is 0.106. The lowest BCUT2D eigenvalue weighted by Gasteiger charge is -2.17. The number of halogens is 2. The summed E-state index contributed by atoms with van der Waals surface area (Å²) in [5.74, 6) is 0.136. The van der Waals surface area contributed by atoms with Gasteiger partial charge < -0.3 is 10.2 Å². The molecule has 1 rings (SSSR count). The summed E-state index contributed by atoms with van der Waals surface area (Å²) >= 11 is 12.5. The van der Waals surface area contributed by atoms with Gasteiger partial charge in [-0.2, -0.15) is 0 Å². The Morgan fingerprint density at radius 3 is 2.53 bits per heavy atom. The van der Waals surface area contributed by atoms with Crippen molar-refractivity contribution in [1.29, 1.82) is 0 Å². The van der Waals surface area contributed by atoms with Gasteiger partial charge in [0.2, 0.25) is 0 Å². The van der Waals surface area contributed by atoms with Crippen LogP contribution in [0.2, 0.25) is 10.0 Å². The highest BCUT2D eigenvalue weighted by Gasteiger charge is 2.19. The molecule has 6 heteroatoms. The lowest BCUT2D eigenvalue weighted by Crippen LogP contribution is -2.21. The molecule has 0 amide bonds. The molecule has 0 radical (unpaired) electrons. The van der Waals surface area contributed by atoms with Crippen LogP contribution in [0.25, 0.3) is 0 Å². The van der Waals surface area contributed by atoms with E-state index in [1.807, 2.05) is 0 Å². The molecule has 0 spiro atoms. The van der Waals surface area contributed by atoms with Gasteiger partial charge in [-0.25, -0.2) is 0 Å². The molecular weight excluding hydrogens is 283 g/mol. The highest BCUT2D eigenvalue weighted by atomic mass is 35.5. The predicted octanol–water partition coefficient (Wildman–Crippen LogP) is 2.67. The van der Waals surface area contributed by atoms with Gasteiger partial charge in [-0.05, 0) is 17.7 Å². The van der Waals surface area contributed by atoms with Crippen molar-refractivity contribution in [3.05, 3.63) is 33.8 Å². The second kappa shape index (κ2) is 6.61. The Morgan fingerprint density at radius 2 is 2.00 bits per heavy atom. The van der Waals surface area contributed by atoms with Gasteiger partial charge in [-0.1, -0.05) is 41.0 Å². The lowest BCUT2D eigenvalue weighted by molar-refractivity contribution is -0.109. The summed E-state index contributed by atoms with van der Waals surface area (Å²) in [4.78, 5) is 10.7. The Morgan fingerprint density at radius 1 is 1.35 bits per heavy atom. The van der Waals surface area contributed by atoms with E-state index in [1.54, 1.807) is 12.1 Å². The molecule has 0 aliphatic heterocycles. The van der Waals surface area contributed by atoms with E-state index in [4.69, 9.17) is 23.2 Å². The zero-order valence-electron chi connectivity index (χ0n) is 9.06. The summed E-state index contributed by atoms with van der Waals surface area (Å²) < 4.78 is 0. The van der Waals surface area contributed by atoms with Gasteiger partial charge >= 0.3 is 0 Å². The minimum atomic E-state index is -1.09. The van der Waals surface area contributed by atoms with Gasteiger partial charge in [0.25, 0.3) is 0 Å². The van der Waals surface area contributed by atoms with Crippen LogP contribution in [0, 0.1) is 0 Å². The fraction of sp³-hybridized carbons (Fsp3) is 0.364. The third kappa shape index (κ3) is 4.48. The summed E-state index contributed by atoms with van der Waals surface area (Å²) in [5.41, 5.74) is 0.469. The highest BCUT2D eigenvalue weighted by molar-refractivity contribution is 8.13. The van der Waals surface area contributed by atoms with Crippen LogP contribution >= 0.6 is 35.0 Å². The molecule has 0 aliphatic rings. The Hall–Kier alpha value is -0.260. The zero-order valence-corrected chi connectivity index (χ0v) is 11.4. The molecular formula is C11H12Cl2O3S. The van der Waals surface area contributed by atoms with E-state index in [2.05, 4.69) is 0 Å². The van der Waals surface area contributed by atoms with E-state index >= 15 is 0 Å². The van der Waals surface area contributed by atoms with Crippen LogP contribution in [0.4, 0.5) is 0 Å². The number of rotatable bonds is 4. The van der Waals surface area contributed by atoms with Crippen LogP contribution in [0.5, 0.6) is 0 Å². The first-order valence-corrected chi connectivity index (χ1v) is 6.60. The number of thioether (sulfide) groups is 1. The molecule has 0 saturated carbocycles. The van der Waals surface area contributed by atoms with E-state index in [0.29, 0.717) is 15.6 Å². The first kappa shape index (κ1) is 14.8. The third-order valence-corrected chi connectivity index (χ3v) is 3.76. The van der Waals surface area contributed by atoms with Gasteiger partial charge in [-0.15, -0.1) is 0 Å². The average molecular weight is 295 g/mol. The van der Waals surface area contributed by atoms with Crippen molar-refractivity contribution in [3.63, 3.8) is 0 Å². The first-order chi connectivity index (χ1) is 7.91. The smallest absolute Gasteiger partial charge is 0.185 e. The molecule has 94 valence electrons. The fourth-order valence-corrected chi connectivity index (χ4v) is 2.11. The van der Waals surface area contributed by atoms with Crippen LogP contribution in [-0.4, -0.2) is 27.2 Å². The predicted molar refractivity (Wildman–Crippen MR) is 70.6 cm³/mol. The number of benzene rings is 1. The highest BCUT2D eigenvalue weighted by Crippen LogP contribution is 2.27. The van der Waals surface area contributed by atoms with Crippen LogP contribution in [0.15, 0.2) is 18.2 Å². The van der Waals surface area contributed by atoms with Gasteiger partial charge in [0.15, 0.2) is 5.12 Å². The van der Waals surface area contributed by atoms with E-state index < -0.39 is 12.2 Å². The topological polar surface area (TPSA) is 57.5 Å². The first-order valence-electron chi connectivity index (χ1n) is 4.86. The Bertz CT molecular complexity index is 412. The number of hydrogen-bond donors (Lipinski definition) is 2. The Kier molecular flexibility index (Phi) is 5.76. The Labute approximate surface area is 114 Å². The second-order valence-electron chi connectivity index (χ2n) is 3.49. The van der Waals surface area contributed by atoms with E-state index in [0.717, 1.165) is 11.8 Å². The van der Waals surface area contributed by atoms with Crippen LogP contribution in [-0.2, 0) is 4.79 Å². The molecule has 1 aromatic rings. The van der Waals surface area contributed by atoms with E-state index in [-0.39, 0.29) is 10.9 Å². The quantitative estimate of drug-likeness (QED) is 0.896. The number of carbonyl (C=O) groups is 1. The molecule has 0 fully saturated rings. The number of aliphatic hydroxyl groups excluding tert-OH is 2. The zero-order chi connectivity index (χ0) is 13.0. The van der Waals surface area contributed by atoms with Crippen molar-refractivity contribution in [2.45, 2.75) is 19.1 Å². The monoisotopic (exact) mass is 294 g/mol. The van der Waals surface area contributed by atoms with Crippen molar-refractivity contribution < 1.29 is 15.0 Å². The van der Waals surface area contributed by atoms with Crippen molar-refractivity contribution in [2.24, 2.45) is 0 Å². The van der Waals surface area contributed by atoms with E-state index in [1.165, 1.54) is 13.0 Å². The van der Waals surface area contributed by atoms with Crippen molar-refractivity contribution >= 4 is 40.1 Å². The van der Waals surface area contributed by atoms with Gasteiger partial charge in [0.1, 0.15) is 6.10 Å². The molecule has 1 aromatic carbocycles. The molecule has 0 saturated heterocycles. The van der Waals surface area contributed by atoms with Crippen molar-refractivity contribution in [3.8, 4) is 0 Å². The van der Waals surface area contributed by atoms with E-state index in [9.17, 15) is 15.0 Å². The maximum Gasteiger partial charge on any atom is 0.185 e. The molecule has 2 N–H and O–H groups in total. The van der Waals surface area contributed by atoms with Gasteiger partial charge in [0, 0.05) is 12.7 Å². The number of hydrogen-bond acceptors (Lipinski definition) is 4. The largest absolute Gasteiger partial charge is 0.389 e. The summed E-state index contributed by atoms with van der Waals surface area (Å²) in [5, 5.41) is 20.1. The third-order valence-electron chi connectivity index (χ3n) is 2.11. The molecule has 3 nitrogen and oxygen atoms in total. The molecule has 0 heterocycles. The lowest BCUT2D eigenvalue weighted by atomic mass is 10.1. The molecule has 2 unspecified atom stereocenters. The Balaban J connectivity index is 2.70. The molecule has 2 atom stereocenters. The standard InChI is InChI=1S/C11H12Cl2O3S/c1-6(14)17-5-10(15)11(16)7-2-3-8(12)9(13)4-7/h2-4,10-11,15-16H,5H2,1H3. The van der Waals surface area contributed by atoms with Crippen LogP contribution < -0.4 is 0 Å². The molecule has 17 heavy (non-hydrogen) atoms. The summed E-state index contributed by atoms with van der Waals surface area (Å²) in [7, 11) is 0. The summed E-state index contributed by atoms with van der Waals surface area (Å²) in [6, 6.07) is 4.63. The number of aliphatic hydroxyl groups is 2. The van der Waals surface area contributed by atoms with Crippen molar-refractivity contribution in [1.82, 2.24) is 0 Å². The van der Waals surface area contributed by atoms with Crippen LogP contribution in [0.1, 0.15) is 18.6 Å². The maximum atomic E-state index is 10.7. The molecule has 0 aromatic heterocycles. The molecule has 0 aliphatic carbocycles. The normalized spacial score (nSPS) is 14.4. The van der Waals surface area contributed by atoms with Gasteiger partial charge in [0.05, 0.1) is 16.1 Å². The summed E-state index contributed by atoms with van der Waals surface area (Å²) in [6.45, 7) is 1.41. The molecule has 0 bridgehead atoms.